The fourth-order valence-corrected chi connectivity index (χ4v) is 15.0. The maximum absolute atomic E-state index is 2.57. The van der Waals surface area contributed by atoms with E-state index in [9.17, 15) is 0 Å². The van der Waals surface area contributed by atoms with Gasteiger partial charge in [-0.15, -0.1) is 0 Å². The van der Waals surface area contributed by atoms with E-state index in [-0.39, 0.29) is 6.71 Å². The number of hydrogen-bond acceptors (Lipinski definition) is 2. The topological polar surface area (TPSA) is 3.24 Å². The van der Waals surface area contributed by atoms with E-state index in [0.717, 1.165) is 0 Å². The second kappa shape index (κ2) is 12.3. The van der Waals surface area contributed by atoms with Crippen LogP contribution in [0.5, 0.6) is 0 Å². The van der Waals surface area contributed by atoms with Crippen molar-refractivity contribution in [2.24, 2.45) is 0 Å². The molecule has 3 aliphatic rings. The van der Waals surface area contributed by atoms with Crippen molar-refractivity contribution in [1.82, 2.24) is 0 Å². The molecule has 9 rings (SSSR count). The van der Waals surface area contributed by atoms with E-state index in [0.29, 0.717) is 17.8 Å². The third-order valence-corrected chi connectivity index (χ3v) is 17.2. The summed E-state index contributed by atoms with van der Waals surface area (Å²) >= 11 is 1.94. The zero-order chi connectivity index (χ0) is 35.0. The average molecular weight is 694 g/mol. The lowest BCUT2D eigenvalue weighted by Gasteiger charge is -2.42. The van der Waals surface area contributed by atoms with Crippen LogP contribution < -0.4 is 36.8 Å². The first kappa shape index (κ1) is 32.4. The Balaban J connectivity index is 1.26. The largest absolute Gasteiger partial charge is 0.311 e. The lowest BCUT2D eigenvalue weighted by atomic mass is 9.34. The van der Waals surface area contributed by atoms with Gasteiger partial charge in [0.25, 0.3) is 0 Å². The Hall–Kier alpha value is -4.51. The summed E-state index contributed by atoms with van der Waals surface area (Å²) in [7, 11) is -2.36. The molecule has 51 heavy (non-hydrogen) atoms. The SMILES string of the molecule is CC(C)c1cc(C(C)C)c(B2c3ccccc3Sc3cc(N4c5ccccc5[Si]5(C=Cc6ccccc65)c5ccccc54)ccc32)c(C(C)C)c1. The van der Waals surface area contributed by atoms with Crippen LogP contribution in [0, 0.1) is 0 Å². The summed E-state index contributed by atoms with van der Waals surface area (Å²) in [5.41, 5.74) is 16.5. The predicted octanol–water partition coefficient (Wildman–Crippen LogP) is 8.86. The van der Waals surface area contributed by atoms with Crippen LogP contribution in [0.3, 0.4) is 0 Å². The van der Waals surface area contributed by atoms with Crippen LogP contribution in [0.25, 0.3) is 6.08 Å². The molecule has 0 aromatic heterocycles. The Labute approximate surface area is 309 Å². The molecule has 4 heteroatoms. The van der Waals surface area contributed by atoms with Crippen LogP contribution >= 0.6 is 11.8 Å². The molecular formula is C47H44BNSSi. The summed E-state index contributed by atoms with van der Waals surface area (Å²) in [5.74, 6) is 1.34. The monoisotopic (exact) mass is 693 g/mol. The minimum Gasteiger partial charge on any atom is -0.311 e. The van der Waals surface area contributed by atoms with E-state index >= 15 is 0 Å². The van der Waals surface area contributed by atoms with Crippen molar-refractivity contribution >= 4 is 81.6 Å². The van der Waals surface area contributed by atoms with E-state index in [1.165, 1.54) is 81.1 Å². The Bertz CT molecular complexity index is 2290. The first-order chi connectivity index (χ1) is 24.8. The lowest BCUT2D eigenvalue weighted by molar-refractivity contribution is 0.812. The summed E-state index contributed by atoms with van der Waals surface area (Å²) in [5, 5.41) is 4.43. The predicted molar refractivity (Wildman–Crippen MR) is 225 cm³/mol. The molecule has 1 nitrogen and oxygen atoms in total. The molecule has 0 bridgehead atoms. The van der Waals surface area contributed by atoms with Crippen molar-refractivity contribution in [2.75, 3.05) is 4.90 Å². The number of hydrogen-bond donors (Lipinski definition) is 0. The van der Waals surface area contributed by atoms with E-state index < -0.39 is 8.07 Å². The van der Waals surface area contributed by atoms with Gasteiger partial charge in [0.2, 0.25) is 6.71 Å². The van der Waals surface area contributed by atoms with Gasteiger partial charge in [0, 0.05) is 26.9 Å². The van der Waals surface area contributed by atoms with E-state index in [4.69, 9.17) is 0 Å². The van der Waals surface area contributed by atoms with Crippen molar-refractivity contribution < 1.29 is 0 Å². The summed E-state index contributed by atoms with van der Waals surface area (Å²) < 4.78 is 0. The van der Waals surface area contributed by atoms with Gasteiger partial charge < -0.3 is 4.90 Å². The van der Waals surface area contributed by atoms with Crippen molar-refractivity contribution in [2.45, 2.75) is 69.1 Å². The molecule has 0 amide bonds. The fraction of sp³-hybridized carbons (Fsp3) is 0.191. The number of benzene rings is 6. The molecule has 0 radical (unpaired) electrons. The van der Waals surface area contributed by atoms with Crippen LogP contribution in [0.4, 0.5) is 17.1 Å². The van der Waals surface area contributed by atoms with Gasteiger partial charge in [0.05, 0.1) is 0 Å². The maximum atomic E-state index is 2.57. The molecule has 6 aromatic rings. The Kier molecular flexibility index (Phi) is 7.83. The Morgan fingerprint density at radius 2 is 1.12 bits per heavy atom. The smallest absolute Gasteiger partial charge is 0.244 e. The number of rotatable bonds is 5. The second-order valence-corrected chi connectivity index (χ2v) is 20.1. The van der Waals surface area contributed by atoms with Gasteiger partial charge in [-0.25, -0.2) is 0 Å². The average Bonchev–Trinajstić information content (AvgIpc) is 3.53. The van der Waals surface area contributed by atoms with Gasteiger partial charge in [0.1, 0.15) is 0 Å². The minimum atomic E-state index is -2.36. The minimum absolute atomic E-state index is 0.180. The number of fused-ring (bicyclic) bond motifs is 8. The van der Waals surface area contributed by atoms with Gasteiger partial charge >= 0.3 is 0 Å². The number of anilines is 3. The van der Waals surface area contributed by atoms with Crippen molar-refractivity contribution in [3.05, 3.63) is 155 Å². The zero-order valence-electron chi connectivity index (χ0n) is 30.4. The van der Waals surface area contributed by atoms with Gasteiger partial charge in [0.15, 0.2) is 8.07 Å². The molecule has 3 aliphatic heterocycles. The number of para-hydroxylation sites is 2. The standard InChI is InChI=1S/C47H44BNSSi/c1-30(2)34-27-36(31(3)4)47(37(28-34)32(5)6)48-38-16-8-11-19-42(38)50-43-29-35(23-24-39(43)48)49-40-17-9-13-21-45(40)51(46-22-14-10-18-41(46)49)26-25-33-15-7-12-20-44(33)51/h7-32H,1-6H3. The first-order valence-corrected chi connectivity index (χ1v) is 21.5. The molecule has 1 spiro atoms. The second-order valence-electron chi connectivity index (χ2n) is 15.5. The third kappa shape index (κ3) is 4.90. The molecule has 0 fully saturated rings. The molecule has 250 valence electrons. The van der Waals surface area contributed by atoms with Crippen LogP contribution in [-0.4, -0.2) is 14.8 Å². The highest BCUT2D eigenvalue weighted by Crippen LogP contribution is 2.42. The van der Waals surface area contributed by atoms with Gasteiger partial charge in [-0.05, 0) is 85.9 Å². The molecule has 6 aromatic carbocycles. The van der Waals surface area contributed by atoms with Crippen molar-refractivity contribution in [3.63, 3.8) is 0 Å². The molecule has 0 aliphatic carbocycles. The van der Waals surface area contributed by atoms with Gasteiger partial charge in [-0.2, -0.15) is 0 Å². The zero-order valence-corrected chi connectivity index (χ0v) is 32.3. The molecule has 0 saturated heterocycles. The Morgan fingerprint density at radius 3 is 1.76 bits per heavy atom. The summed E-state index contributed by atoms with van der Waals surface area (Å²) in [6.45, 7) is 14.3. The summed E-state index contributed by atoms with van der Waals surface area (Å²) in [6.07, 6.45) is 2.38. The third-order valence-electron chi connectivity index (χ3n) is 11.5. The van der Waals surface area contributed by atoms with Crippen LogP contribution in [-0.2, 0) is 0 Å². The highest BCUT2D eigenvalue weighted by molar-refractivity contribution is 8.00. The van der Waals surface area contributed by atoms with Gasteiger partial charge in [-0.3, -0.25) is 0 Å². The van der Waals surface area contributed by atoms with Crippen LogP contribution in [0.2, 0.25) is 0 Å². The highest BCUT2D eigenvalue weighted by Gasteiger charge is 2.48. The van der Waals surface area contributed by atoms with Crippen LogP contribution in [0.15, 0.2) is 143 Å². The molecule has 0 atom stereocenters. The molecule has 0 unspecified atom stereocenters. The van der Waals surface area contributed by atoms with Crippen LogP contribution in [0.1, 0.15) is 81.5 Å². The number of nitrogens with zero attached hydrogens (tertiary/aromatic N) is 1. The van der Waals surface area contributed by atoms with E-state index in [1.54, 1.807) is 0 Å². The maximum Gasteiger partial charge on any atom is 0.244 e. The normalized spacial score (nSPS) is 14.9. The Morgan fingerprint density at radius 1 is 0.549 bits per heavy atom. The first-order valence-electron chi connectivity index (χ1n) is 18.6. The van der Waals surface area contributed by atoms with E-state index in [2.05, 4.69) is 186 Å². The highest BCUT2D eigenvalue weighted by atomic mass is 32.2. The molecule has 0 N–H and O–H groups in total. The lowest BCUT2D eigenvalue weighted by Crippen LogP contribution is -2.68. The van der Waals surface area contributed by atoms with Crippen molar-refractivity contribution in [1.29, 1.82) is 0 Å². The van der Waals surface area contributed by atoms with Gasteiger partial charge in [-0.1, -0.05) is 179 Å². The molecule has 3 heterocycles. The summed E-state index contributed by atoms with van der Waals surface area (Å²) in [6, 6.07) is 49.0. The van der Waals surface area contributed by atoms with Crippen molar-refractivity contribution in [3.8, 4) is 0 Å². The summed E-state index contributed by atoms with van der Waals surface area (Å²) in [4.78, 5) is 5.26. The molecular weight excluding hydrogens is 649 g/mol. The molecule has 0 saturated carbocycles. The quantitative estimate of drug-likeness (QED) is 0.166. The van der Waals surface area contributed by atoms with E-state index in [1.807, 2.05) is 11.8 Å². The fourth-order valence-electron chi connectivity index (χ4n) is 9.08.